The Morgan fingerprint density at radius 2 is 1.77 bits per heavy atom. The van der Waals surface area contributed by atoms with Crippen molar-refractivity contribution in [2.24, 2.45) is 0 Å². The summed E-state index contributed by atoms with van der Waals surface area (Å²) in [5.74, 6) is -0.321. The molecular formula is C23H30FN5O. The van der Waals surface area contributed by atoms with Crippen molar-refractivity contribution in [2.45, 2.75) is 12.5 Å². The topological polar surface area (TPSA) is 50.9 Å². The molecule has 2 aliphatic heterocycles. The monoisotopic (exact) mass is 411 g/mol. The van der Waals surface area contributed by atoms with E-state index in [1.807, 2.05) is 0 Å². The van der Waals surface area contributed by atoms with Crippen molar-refractivity contribution in [1.29, 1.82) is 0 Å². The van der Waals surface area contributed by atoms with Crippen LogP contribution in [0.15, 0.2) is 42.5 Å². The van der Waals surface area contributed by atoms with E-state index in [1.54, 1.807) is 12.1 Å². The molecule has 2 aliphatic rings. The Bertz CT molecular complexity index is 880. The molecule has 0 bridgehead atoms. The van der Waals surface area contributed by atoms with Crippen molar-refractivity contribution < 1.29 is 9.18 Å². The summed E-state index contributed by atoms with van der Waals surface area (Å²) in [7, 11) is 4.27. The van der Waals surface area contributed by atoms with E-state index in [0.717, 1.165) is 39.1 Å². The molecule has 1 fully saturated rings. The largest absolute Gasteiger partial charge is 0.374 e. The van der Waals surface area contributed by atoms with Crippen LogP contribution in [0.3, 0.4) is 0 Å². The number of benzene rings is 2. The zero-order valence-electron chi connectivity index (χ0n) is 17.7. The lowest BCUT2D eigenvalue weighted by molar-refractivity contribution is 0.111. The van der Waals surface area contributed by atoms with Crippen LogP contribution in [0.5, 0.6) is 0 Å². The molecule has 2 aromatic rings. The summed E-state index contributed by atoms with van der Waals surface area (Å²) in [6, 6.07) is 12.3. The molecule has 0 aromatic heterocycles. The number of piperazine rings is 1. The highest BCUT2D eigenvalue weighted by Crippen LogP contribution is 2.31. The molecule has 2 N–H and O–H groups in total. The third kappa shape index (κ3) is 4.74. The van der Waals surface area contributed by atoms with Gasteiger partial charge in [0, 0.05) is 57.7 Å². The van der Waals surface area contributed by atoms with Gasteiger partial charge in [0.15, 0.2) is 0 Å². The summed E-state index contributed by atoms with van der Waals surface area (Å²) in [6.07, 6.45) is 1.06. The highest BCUT2D eigenvalue weighted by Gasteiger charge is 2.26. The lowest BCUT2D eigenvalue weighted by Crippen LogP contribution is -2.48. The van der Waals surface area contributed by atoms with Crippen LogP contribution in [0.1, 0.15) is 17.2 Å². The van der Waals surface area contributed by atoms with Gasteiger partial charge >= 0.3 is 6.03 Å². The molecule has 0 aliphatic carbocycles. The van der Waals surface area contributed by atoms with Gasteiger partial charge in [-0.25, -0.2) is 9.18 Å². The minimum absolute atomic E-state index is 0.119. The Morgan fingerprint density at radius 3 is 2.50 bits per heavy atom. The smallest absolute Gasteiger partial charge is 0.319 e. The Morgan fingerprint density at radius 1 is 1.03 bits per heavy atom. The molecule has 0 unspecified atom stereocenters. The van der Waals surface area contributed by atoms with Crippen molar-refractivity contribution in [3.63, 3.8) is 0 Å². The van der Waals surface area contributed by atoms with Crippen LogP contribution < -0.4 is 15.5 Å². The molecule has 160 valence electrons. The summed E-state index contributed by atoms with van der Waals surface area (Å²) in [5, 5.41) is 5.80. The average molecular weight is 412 g/mol. The van der Waals surface area contributed by atoms with Crippen molar-refractivity contribution in [3.05, 3.63) is 59.4 Å². The molecule has 2 aromatic carbocycles. The van der Waals surface area contributed by atoms with Gasteiger partial charge in [-0.3, -0.25) is 4.90 Å². The first kappa shape index (κ1) is 20.6. The molecule has 0 radical (unpaired) electrons. The number of anilines is 2. The number of nitrogens with zero attached hydrogens (tertiary/aromatic N) is 3. The van der Waals surface area contributed by atoms with Gasteiger partial charge in [-0.05, 0) is 54.9 Å². The van der Waals surface area contributed by atoms with Gasteiger partial charge in [-0.1, -0.05) is 12.1 Å². The fraction of sp³-hybridized carbons (Fsp3) is 0.435. The van der Waals surface area contributed by atoms with E-state index in [1.165, 1.54) is 28.9 Å². The number of hydrogen-bond acceptors (Lipinski definition) is 4. The van der Waals surface area contributed by atoms with Gasteiger partial charge in [0.1, 0.15) is 5.82 Å². The van der Waals surface area contributed by atoms with Crippen LogP contribution in [0.25, 0.3) is 0 Å². The predicted octanol–water partition coefficient (Wildman–Crippen LogP) is 2.93. The standard InChI is InChI=1S/C23H30FN5O/c1-27-11-13-29(14-12-27)22(17-3-8-21-18(15-17)9-10-28(21)2)16-25-23(30)26-20-6-4-19(24)5-7-20/h3-8,15,22H,9-14,16H2,1-2H3,(H2,25,26,30)/t22-/m1/s1. The second kappa shape index (κ2) is 9.02. The molecule has 1 atom stereocenters. The van der Waals surface area contributed by atoms with Crippen LogP contribution in [0.2, 0.25) is 0 Å². The molecular weight excluding hydrogens is 381 g/mol. The van der Waals surface area contributed by atoms with Gasteiger partial charge in [0.2, 0.25) is 0 Å². The van der Waals surface area contributed by atoms with Gasteiger partial charge in [-0.15, -0.1) is 0 Å². The lowest BCUT2D eigenvalue weighted by atomic mass is 10.00. The third-order valence-electron chi connectivity index (χ3n) is 6.15. The van der Waals surface area contributed by atoms with Crippen molar-refractivity contribution in [2.75, 3.05) is 63.6 Å². The van der Waals surface area contributed by atoms with Crippen LogP contribution in [-0.2, 0) is 6.42 Å². The fourth-order valence-electron chi connectivity index (χ4n) is 4.28. The first-order valence-corrected chi connectivity index (χ1v) is 10.6. The molecule has 30 heavy (non-hydrogen) atoms. The number of nitrogens with one attached hydrogen (secondary N) is 2. The maximum absolute atomic E-state index is 13.1. The second-order valence-corrected chi connectivity index (χ2v) is 8.26. The first-order valence-electron chi connectivity index (χ1n) is 10.6. The van der Waals surface area contributed by atoms with Crippen LogP contribution in [0.4, 0.5) is 20.6 Å². The molecule has 2 amide bonds. The van der Waals surface area contributed by atoms with Gasteiger partial charge in [0.25, 0.3) is 0 Å². The van der Waals surface area contributed by atoms with E-state index >= 15 is 0 Å². The number of likely N-dealkylation sites (N-methyl/N-ethyl adjacent to an activating group) is 2. The number of halogens is 1. The van der Waals surface area contributed by atoms with Gasteiger partial charge in [0.05, 0.1) is 6.04 Å². The molecule has 1 saturated heterocycles. The van der Waals surface area contributed by atoms with E-state index in [0.29, 0.717) is 12.2 Å². The van der Waals surface area contributed by atoms with Crippen LogP contribution >= 0.6 is 0 Å². The van der Waals surface area contributed by atoms with Crippen molar-refractivity contribution in [1.82, 2.24) is 15.1 Å². The Hall–Kier alpha value is -2.64. The highest BCUT2D eigenvalue weighted by molar-refractivity contribution is 5.89. The highest BCUT2D eigenvalue weighted by atomic mass is 19.1. The van der Waals surface area contributed by atoms with E-state index in [2.05, 4.69) is 57.6 Å². The summed E-state index contributed by atoms with van der Waals surface area (Å²) in [5.41, 5.74) is 4.50. The molecule has 2 heterocycles. The van der Waals surface area contributed by atoms with Gasteiger partial charge in [-0.2, -0.15) is 0 Å². The van der Waals surface area contributed by atoms with E-state index < -0.39 is 0 Å². The second-order valence-electron chi connectivity index (χ2n) is 8.26. The number of rotatable bonds is 5. The zero-order chi connectivity index (χ0) is 21.1. The summed E-state index contributed by atoms with van der Waals surface area (Å²) < 4.78 is 13.1. The van der Waals surface area contributed by atoms with Crippen LogP contribution in [-0.4, -0.2) is 69.2 Å². The molecule has 4 rings (SSSR count). The average Bonchev–Trinajstić information content (AvgIpc) is 3.11. The Balaban J connectivity index is 1.46. The molecule has 0 spiro atoms. The molecule has 7 heteroatoms. The number of carbonyl (C=O) groups is 1. The number of carbonyl (C=O) groups excluding carboxylic acids is 1. The van der Waals surface area contributed by atoms with Crippen molar-refractivity contribution >= 4 is 17.4 Å². The first-order chi connectivity index (χ1) is 14.5. The fourth-order valence-corrected chi connectivity index (χ4v) is 4.28. The van der Waals surface area contributed by atoms with Crippen molar-refractivity contribution in [3.8, 4) is 0 Å². The summed E-state index contributed by atoms with van der Waals surface area (Å²) in [6.45, 7) is 5.55. The summed E-state index contributed by atoms with van der Waals surface area (Å²) in [4.78, 5) is 19.5. The third-order valence-corrected chi connectivity index (χ3v) is 6.15. The summed E-state index contributed by atoms with van der Waals surface area (Å²) >= 11 is 0. The zero-order valence-corrected chi connectivity index (χ0v) is 17.7. The van der Waals surface area contributed by atoms with Crippen LogP contribution in [0, 0.1) is 5.82 Å². The van der Waals surface area contributed by atoms with Gasteiger partial charge < -0.3 is 20.4 Å². The Kier molecular flexibility index (Phi) is 6.20. The SMILES string of the molecule is CN1CCN([C@H](CNC(=O)Nc2ccc(F)cc2)c2ccc3c(c2)CCN3C)CC1. The quantitative estimate of drug-likeness (QED) is 0.794. The molecule has 6 nitrogen and oxygen atoms in total. The lowest BCUT2D eigenvalue weighted by Gasteiger charge is -2.38. The number of urea groups is 1. The van der Waals surface area contributed by atoms with E-state index in [4.69, 9.17) is 0 Å². The number of amides is 2. The minimum Gasteiger partial charge on any atom is -0.374 e. The predicted molar refractivity (Wildman–Crippen MR) is 119 cm³/mol. The Labute approximate surface area is 177 Å². The maximum Gasteiger partial charge on any atom is 0.319 e. The minimum atomic E-state index is -0.321. The normalized spacial score (nSPS) is 18.2. The maximum atomic E-state index is 13.1. The van der Waals surface area contributed by atoms with E-state index in [9.17, 15) is 9.18 Å². The number of hydrogen-bond donors (Lipinski definition) is 2. The molecule has 0 saturated carbocycles. The van der Waals surface area contributed by atoms with E-state index in [-0.39, 0.29) is 17.9 Å². The number of fused-ring (bicyclic) bond motifs is 1.